The maximum Gasteiger partial charge on any atom is 0.273 e. The summed E-state index contributed by atoms with van der Waals surface area (Å²) in [6.07, 6.45) is 1.65. The molecule has 0 atom stereocenters. The molecule has 0 radical (unpaired) electrons. The number of nitrogens with zero attached hydrogens (tertiary/aromatic N) is 3. The predicted octanol–water partition coefficient (Wildman–Crippen LogP) is 2.72. The van der Waals surface area contributed by atoms with Crippen molar-refractivity contribution in [3.05, 3.63) is 39.9 Å². The number of hydrogen-bond donors (Lipinski definition) is 0. The number of piperidine rings is 1. The van der Waals surface area contributed by atoms with E-state index in [2.05, 4.69) is 11.0 Å². The largest absolute Gasteiger partial charge is 0.299 e. The lowest BCUT2D eigenvalue weighted by Crippen LogP contribution is -2.37. The summed E-state index contributed by atoms with van der Waals surface area (Å²) in [5, 5.41) is 20.0. The first-order valence-corrected chi connectivity index (χ1v) is 6.40. The first-order chi connectivity index (χ1) is 9.04. The molecule has 0 unspecified atom stereocenters. The summed E-state index contributed by atoms with van der Waals surface area (Å²) in [4.78, 5) is 12.8. The van der Waals surface area contributed by atoms with E-state index in [-0.39, 0.29) is 16.0 Å². The zero-order valence-electron chi connectivity index (χ0n) is 11.0. The first-order valence-electron chi connectivity index (χ1n) is 6.40. The Bertz CT molecular complexity index is 514. The second-order valence-electron chi connectivity index (χ2n) is 5.33. The highest BCUT2D eigenvalue weighted by atomic mass is 16.6. The van der Waals surface area contributed by atoms with Crippen LogP contribution in [0, 0.1) is 26.9 Å². The summed E-state index contributed by atoms with van der Waals surface area (Å²) < 4.78 is 0. The van der Waals surface area contributed by atoms with Crippen LogP contribution in [0.25, 0.3) is 0 Å². The molecule has 0 amide bonds. The molecule has 0 saturated carbocycles. The summed E-state index contributed by atoms with van der Waals surface area (Å²) in [6.45, 7) is 4.19. The molecule has 1 heterocycles. The van der Waals surface area contributed by atoms with E-state index in [9.17, 15) is 10.1 Å². The highest BCUT2D eigenvalue weighted by Crippen LogP contribution is 2.31. The van der Waals surface area contributed by atoms with Crippen LogP contribution in [0.2, 0.25) is 0 Å². The average molecular weight is 259 g/mol. The number of nitriles is 1. The lowest BCUT2D eigenvalue weighted by Gasteiger charge is -2.34. The van der Waals surface area contributed by atoms with Crippen molar-refractivity contribution in [2.24, 2.45) is 5.41 Å². The van der Waals surface area contributed by atoms with Gasteiger partial charge in [0.25, 0.3) is 5.69 Å². The lowest BCUT2D eigenvalue weighted by atomic mass is 9.82. The molecule has 5 heteroatoms. The predicted molar refractivity (Wildman–Crippen MR) is 71.3 cm³/mol. The van der Waals surface area contributed by atoms with Gasteiger partial charge in [0.05, 0.1) is 16.4 Å². The van der Waals surface area contributed by atoms with E-state index in [0.29, 0.717) is 6.54 Å². The van der Waals surface area contributed by atoms with Crippen LogP contribution in [0.15, 0.2) is 24.3 Å². The van der Waals surface area contributed by atoms with Crippen LogP contribution in [-0.4, -0.2) is 22.9 Å². The van der Waals surface area contributed by atoms with Crippen LogP contribution >= 0.6 is 0 Å². The minimum Gasteiger partial charge on any atom is -0.299 e. The second kappa shape index (κ2) is 5.37. The van der Waals surface area contributed by atoms with E-state index in [0.717, 1.165) is 31.5 Å². The van der Waals surface area contributed by atoms with Gasteiger partial charge >= 0.3 is 0 Å². The van der Waals surface area contributed by atoms with Crippen molar-refractivity contribution in [3.8, 4) is 6.07 Å². The van der Waals surface area contributed by atoms with Crippen LogP contribution in [0.5, 0.6) is 0 Å². The van der Waals surface area contributed by atoms with Crippen molar-refractivity contribution in [1.82, 2.24) is 4.90 Å². The number of nitro groups is 1. The van der Waals surface area contributed by atoms with Crippen LogP contribution in [-0.2, 0) is 6.54 Å². The normalized spacial score (nSPS) is 18.7. The minimum atomic E-state index is -0.335. The summed E-state index contributed by atoms with van der Waals surface area (Å²) in [5.41, 5.74) is 0.684. The Balaban J connectivity index is 2.04. The Morgan fingerprint density at radius 3 is 2.63 bits per heavy atom. The number of likely N-dealkylation sites (tertiary alicyclic amines) is 1. The molecule has 100 valence electrons. The standard InChI is InChI=1S/C14H17N3O2/c1-14(11-15)6-8-16(9-7-14)10-12-4-2-3-5-13(12)17(18)19/h2-5H,6-10H2,1H3. The van der Waals surface area contributed by atoms with Crippen molar-refractivity contribution >= 4 is 5.69 Å². The van der Waals surface area contributed by atoms with Gasteiger partial charge in [0.1, 0.15) is 0 Å². The fourth-order valence-corrected chi connectivity index (χ4v) is 2.38. The number of nitro benzene ring substituents is 1. The van der Waals surface area contributed by atoms with Gasteiger partial charge < -0.3 is 0 Å². The number of hydrogen-bond acceptors (Lipinski definition) is 4. The maximum absolute atomic E-state index is 11.0. The Hall–Kier alpha value is -1.93. The Morgan fingerprint density at radius 2 is 2.05 bits per heavy atom. The first kappa shape index (κ1) is 13.5. The van der Waals surface area contributed by atoms with Gasteiger partial charge in [-0.15, -0.1) is 0 Å². The second-order valence-corrected chi connectivity index (χ2v) is 5.33. The molecule has 1 aromatic rings. The van der Waals surface area contributed by atoms with Gasteiger partial charge in [-0.25, -0.2) is 0 Å². The third kappa shape index (κ3) is 3.09. The molecule has 0 aromatic heterocycles. The van der Waals surface area contributed by atoms with E-state index in [1.54, 1.807) is 18.2 Å². The lowest BCUT2D eigenvalue weighted by molar-refractivity contribution is -0.385. The van der Waals surface area contributed by atoms with Crippen molar-refractivity contribution in [1.29, 1.82) is 5.26 Å². The molecule has 1 aromatic carbocycles. The molecule has 1 aliphatic heterocycles. The van der Waals surface area contributed by atoms with Crippen LogP contribution in [0.4, 0.5) is 5.69 Å². The fourth-order valence-electron chi connectivity index (χ4n) is 2.38. The summed E-state index contributed by atoms with van der Waals surface area (Å²) in [6, 6.07) is 9.21. The van der Waals surface area contributed by atoms with Crippen LogP contribution < -0.4 is 0 Å². The molecule has 2 rings (SSSR count). The molecule has 1 fully saturated rings. The number of rotatable bonds is 3. The highest BCUT2D eigenvalue weighted by Gasteiger charge is 2.30. The smallest absolute Gasteiger partial charge is 0.273 e. The zero-order valence-corrected chi connectivity index (χ0v) is 11.0. The van der Waals surface area contributed by atoms with Crippen molar-refractivity contribution in [2.75, 3.05) is 13.1 Å². The molecule has 5 nitrogen and oxygen atoms in total. The molecule has 1 aliphatic rings. The summed E-state index contributed by atoms with van der Waals surface area (Å²) >= 11 is 0. The quantitative estimate of drug-likeness (QED) is 0.618. The zero-order chi connectivity index (χ0) is 13.9. The van der Waals surface area contributed by atoms with E-state index in [4.69, 9.17) is 5.26 Å². The molecular formula is C14H17N3O2. The Labute approximate surface area is 112 Å². The van der Waals surface area contributed by atoms with E-state index < -0.39 is 0 Å². The molecule has 1 saturated heterocycles. The minimum absolute atomic E-state index is 0.177. The van der Waals surface area contributed by atoms with E-state index in [1.165, 1.54) is 0 Å². The van der Waals surface area contributed by atoms with Crippen molar-refractivity contribution in [3.63, 3.8) is 0 Å². The van der Waals surface area contributed by atoms with Crippen molar-refractivity contribution < 1.29 is 4.92 Å². The van der Waals surface area contributed by atoms with Crippen LogP contribution in [0.3, 0.4) is 0 Å². The SMILES string of the molecule is CC1(C#N)CCN(Cc2ccccc2[N+](=O)[O-])CC1. The molecule has 0 aliphatic carbocycles. The van der Waals surface area contributed by atoms with Crippen molar-refractivity contribution in [2.45, 2.75) is 26.3 Å². The molecule has 0 spiro atoms. The third-order valence-electron chi connectivity index (χ3n) is 3.81. The molecule has 0 bridgehead atoms. The Kier molecular flexibility index (Phi) is 3.82. The van der Waals surface area contributed by atoms with E-state index in [1.807, 2.05) is 13.0 Å². The van der Waals surface area contributed by atoms with Gasteiger partial charge in [-0.1, -0.05) is 18.2 Å². The molecular weight excluding hydrogens is 242 g/mol. The topological polar surface area (TPSA) is 70.2 Å². The molecule has 0 N–H and O–H groups in total. The monoisotopic (exact) mass is 259 g/mol. The van der Waals surface area contributed by atoms with E-state index >= 15 is 0 Å². The summed E-state index contributed by atoms with van der Waals surface area (Å²) in [5.74, 6) is 0. The van der Waals surface area contributed by atoms with Gasteiger partial charge in [-0.3, -0.25) is 15.0 Å². The van der Waals surface area contributed by atoms with Gasteiger partial charge in [-0.2, -0.15) is 5.26 Å². The summed E-state index contributed by atoms with van der Waals surface area (Å²) in [7, 11) is 0. The van der Waals surface area contributed by atoms with Gasteiger partial charge in [0.15, 0.2) is 0 Å². The van der Waals surface area contributed by atoms with Gasteiger partial charge in [-0.05, 0) is 19.8 Å². The third-order valence-corrected chi connectivity index (χ3v) is 3.81. The fraction of sp³-hybridized carbons (Fsp3) is 0.500. The van der Waals surface area contributed by atoms with Gasteiger partial charge in [0.2, 0.25) is 0 Å². The maximum atomic E-state index is 11.0. The Morgan fingerprint density at radius 1 is 1.42 bits per heavy atom. The number of benzene rings is 1. The molecule has 19 heavy (non-hydrogen) atoms. The number of para-hydroxylation sites is 1. The van der Waals surface area contributed by atoms with Gasteiger partial charge in [0, 0.05) is 31.3 Å². The highest BCUT2D eigenvalue weighted by molar-refractivity contribution is 5.39. The average Bonchev–Trinajstić information content (AvgIpc) is 2.42. The van der Waals surface area contributed by atoms with Crippen LogP contribution in [0.1, 0.15) is 25.3 Å².